The number of fused-ring (bicyclic) bond motifs is 1. The number of carbonyl (C=O) groups excluding carboxylic acids is 2. The fourth-order valence-corrected chi connectivity index (χ4v) is 3.52. The fraction of sp³-hybridized carbons (Fsp3) is 0.320. The summed E-state index contributed by atoms with van der Waals surface area (Å²) in [5.74, 6) is 0.154. The number of H-pyrrole nitrogens is 1. The number of ether oxygens (including phenoxy) is 1. The fourth-order valence-electron chi connectivity index (χ4n) is 3.52. The quantitative estimate of drug-likeness (QED) is 0.231. The van der Waals surface area contributed by atoms with E-state index in [1.807, 2.05) is 18.2 Å². The second-order valence-corrected chi connectivity index (χ2v) is 8.77. The molecule has 0 aliphatic rings. The zero-order chi connectivity index (χ0) is 26.9. The molecule has 0 aliphatic carbocycles. The normalized spacial score (nSPS) is 12.1. The maximum Gasteiger partial charge on any atom is 0.405 e. The zero-order valence-corrected chi connectivity index (χ0v) is 20.6. The number of carboxylic acid groups (broad SMARTS) is 1. The standard InChI is InChI=1S/C25H30N6O6/c1-15(2)14-37-19-10-5-8-16-22(19)30-21(27-16)13-31-12-6-9-18(24(31)34)28-23(33)17(29-25(35)36)7-3-4-11-20(26)32/h4-6,8-12,15,17,29H,3,7,13-14H2,1-2H3,(H2,26,32)(H,27,30)(H,28,33)(H,35,36). The summed E-state index contributed by atoms with van der Waals surface area (Å²) in [4.78, 5) is 55.5. The van der Waals surface area contributed by atoms with E-state index in [-0.39, 0.29) is 25.1 Å². The van der Waals surface area contributed by atoms with Crippen molar-refractivity contribution in [2.45, 2.75) is 39.3 Å². The topological polar surface area (TPSA) is 181 Å². The molecule has 2 heterocycles. The molecule has 12 heteroatoms. The van der Waals surface area contributed by atoms with Gasteiger partial charge in [0, 0.05) is 6.20 Å². The molecule has 196 valence electrons. The molecule has 3 rings (SSSR count). The average Bonchev–Trinajstić information content (AvgIpc) is 3.24. The highest BCUT2D eigenvalue weighted by atomic mass is 16.5. The predicted molar refractivity (Wildman–Crippen MR) is 137 cm³/mol. The molecule has 2 aromatic heterocycles. The van der Waals surface area contributed by atoms with Crippen LogP contribution in [-0.4, -0.2) is 50.2 Å². The minimum absolute atomic E-state index is 0.0190. The van der Waals surface area contributed by atoms with E-state index in [1.54, 1.807) is 12.3 Å². The minimum atomic E-state index is -1.40. The molecule has 37 heavy (non-hydrogen) atoms. The van der Waals surface area contributed by atoms with Crippen LogP contribution in [0.4, 0.5) is 10.5 Å². The lowest BCUT2D eigenvalue weighted by molar-refractivity contribution is -0.118. The lowest BCUT2D eigenvalue weighted by atomic mass is 10.1. The number of carbonyl (C=O) groups is 3. The number of nitrogens with zero attached hydrogens (tertiary/aromatic N) is 2. The van der Waals surface area contributed by atoms with Crippen LogP contribution in [0.2, 0.25) is 0 Å². The predicted octanol–water partition coefficient (Wildman–Crippen LogP) is 2.20. The molecule has 0 aliphatic heterocycles. The lowest BCUT2D eigenvalue weighted by Crippen LogP contribution is -2.44. The Labute approximate surface area is 212 Å². The molecule has 6 N–H and O–H groups in total. The maximum absolute atomic E-state index is 13.0. The van der Waals surface area contributed by atoms with Crippen molar-refractivity contribution >= 4 is 34.6 Å². The minimum Gasteiger partial charge on any atom is -0.491 e. The van der Waals surface area contributed by atoms with Gasteiger partial charge in [-0.15, -0.1) is 0 Å². The highest BCUT2D eigenvalue weighted by Gasteiger charge is 2.21. The van der Waals surface area contributed by atoms with Gasteiger partial charge in [-0.3, -0.25) is 14.4 Å². The van der Waals surface area contributed by atoms with Crippen molar-refractivity contribution in [3.63, 3.8) is 0 Å². The first-order chi connectivity index (χ1) is 17.6. The molecule has 3 amide bonds. The SMILES string of the molecule is CC(C)COc1cccc2[nH]c(Cn3cccc(NC(=O)C(CCC=CC(N)=O)NC(=O)O)c3=O)nc12. The van der Waals surface area contributed by atoms with Crippen molar-refractivity contribution in [3.8, 4) is 5.75 Å². The van der Waals surface area contributed by atoms with Gasteiger partial charge in [0.05, 0.1) is 18.7 Å². The Morgan fingerprint density at radius 1 is 1.24 bits per heavy atom. The number of benzene rings is 1. The smallest absolute Gasteiger partial charge is 0.405 e. The Hall–Kier alpha value is -4.61. The first kappa shape index (κ1) is 27.0. The largest absolute Gasteiger partial charge is 0.491 e. The van der Waals surface area contributed by atoms with Crippen molar-refractivity contribution in [3.05, 3.63) is 64.9 Å². The Balaban J connectivity index is 1.76. The number of para-hydroxylation sites is 1. The number of nitrogens with one attached hydrogen (secondary N) is 3. The summed E-state index contributed by atoms with van der Waals surface area (Å²) in [6, 6.07) is 7.42. The molecular weight excluding hydrogens is 480 g/mol. The van der Waals surface area contributed by atoms with Gasteiger partial charge in [-0.1, -0.05) is 26.0 Å². The van der Waals surface area contributed by atoms with Crippen LogP contribution in [0.15, 0.2) is 53.5 Å². The molecule has 0 saturated heterocycles. The molecule has 12 nitrogen and oxygen atoms in total. The molecule has 0 saturated carbocycles. The Kier molecular flexibility index (Phi) is 9.03. The van der Waals surface area contributed by atoms with Gasteiger partial charge in [0.2, 0.25) is 11.8 Å². The molecular formula is C25H30N6O6. The van der Waals surface area contributed by atoms with Crippen molar-refractivity contribution < 1.29 is 24.2 Å². The first-order valence-electron chi connectivity index (χ1n) is 11.7. The van der Waals surface area contributed by atoms with Crippen LogP contribution < -0.4 is 26.7 Å². The van der Waals surface area contributed by atoms with Gasteiger partial charge in [-0.05, 0) is 49.1 Å². The number of hydrogen-bond acceptors (Lipinski definition) is 6. The van der Waals surface area contributed by atoms with Crippen molar-refractivity contribution in [2.24, 2.45) is 11.7 Å². The number of nitrogens with two attached hydrogens (primary N) is 1. The van der Waals surface area contributed by atoms with Gasteiger partial charge in [-0.25, -0.2) is 9.78 Å². The number of amides is 3. The third-order valence-electron chi connectivity index (χ3n) is 5.21. The summed E-state index contributed by atoms with van der Waals surface area (Å²) in [6.45, 7) is 4.75. The second-order valence-electron chi connectivity index (χ2n) is 8.77. The molecule has 1 aromatic carbocycles. The van der Waals surface area contributed by atoms with Gasteiger partial charge >= 0.3 is 6.09 Å². The summed E-state index contributed by atoms with van der Waals surface area (Å²) >= 11 is 0. The molecule has 0 bridgehead atoms. The van der Waals surface area contributed by atoms with Crippen molar-refractivity contribution in [1.82, 2.24) is 19.9 Å². The summed E-state index contributed by atoms with van der Waals surface area (Å²) in [6.07, 6.45) is 3.00. The number of aromatic nitrogens is 3. The molecule has 0 spiro atoms. The number of aromatic amines is 1. The summed E-state index contributed by atoms with van der Waals surface area (Å²) in [5, 5.41) is 13.7. The van der Waals surface area contributed by atoms with Crippen LogP contribution in [0.5, 0.6) is 5.75 Å². The second kappa shape index (κ2) is 12.4. The Morgan fingerprint density at radius 3 is 2.73 bits per heavy atom. The number of anilines is 1. The molecule has 1 unspecified atom stereocenters. The number of imidazole rings is 1. The number of allylic oxidation sites excluding steroid dienone is 1. The summed E-state index contributed by atoms with van der Waals surface area (Å²) in [5.41, 5.74) is 5.94. The lowest BCUT2D eigenvalue weighted by Gasteiger charge is -2.16. The van der Waals surface area contributed by atoms with Crippen LogP contribution in [0.3, 0.4) is 0 Å². The molecule has 0 fully saturated rings. The Bertz CT molecular complexity index is 1360. The van der Waals surface area contributed by atoms with Crippen molar-refractivity contribution in [1.29, 1.82) is 0 Å². The van der Waals surface area contributed by atoms with Gasteiger partial charge in [0.25, 0.3) is 5.56 Å². The van der Waals surface area contributed by atoms with Crippen LogP contribution in [-0.2, 0) is 16.1 Å². The van der Waals surface area contributed by atoms with Crippen LogP contribution in [0.1, 0.15) is 32.5 Å². The highest BCUT2D eigenvalue weighted by Crippen LogP contribution is 2.24. The molecule has 3 aromatic rings. The van der Waals surface area contributed by atoms with Gasteiger partial charge in [0.1, 0.15) is 28.8 Å². The number of hydrogen-bond donors (Lipinski definition) is 5. The van der Waals surface area contributed by atoms with E-state index in [0.717, 1.165) is 11.6 Å². The highest BCUT2D eigenvalue weighted by molar-refractivity contribution is 5.96. The first-order valence-corrected chi connectivity index (χ1v) is 11.7. The van der Waals surface area contributed by atoms with Crippen LogP contribution >= 0.6 is 0 Å². The van der Waals surface area contributed by atoms with E-state index in [4.69, 9.17) is 15.6 Å². The number of rotatable bonds is 12. The number of pyridine rings is 1. The van der Waals surface area contributed by atoms with Crippen LogP contribution in [0, 0.1) is 5.92 Å². The van der Waals surface area contributed by atoms with Crippen molar-refractivity contribution in [2.75, 3.05) is 11.9 Å². The van der Waals surface area contributed by atoms with E-state index in [2.05, 4.69) is 34.4 Å². The van der Waals surface area contributed by atoms with E-state index < -0.39 is 29.5 Å². The monoisotopic (exact) mass is 510 g/mol. The van der Waals surface area contributed by atoms with Gasteiger partial charge in [0.15, 0.2) is 0 Å². The third kappa shape index (κ3) is 7.69. The maximum atomic E-state index is 13.0. The van der Waals surface area contributed by atoms with E-state index in [0.29, 0.717) is 29.6 Å². The van der Waals surface area contributed by atoms with Crippen LogP contribution in [0.25, 0.3) is 11.0 Å². The van der Waals surface area contributed by atoms with E-state index in [1.165, 1.54) is 16.7 Å². The van der Waals surface area contributed by atoms with E-state index >= 15 is 0 Å². The van der Waals surface area contributed by atoms with E-state index in [9.17, 15) is 19.2 Å². The molecule has 1 atom stereocenters. The van der Waals surface area contributed by atoms with Gasteiger partial charge in [-0.2, -0.15) is 0 Å². The average molecular weight is 511 g/mol. The Morgan fingerprint density at radius 2 is 2.03 bits per heavy atom. The third-order valence-corrected chi connectivity index (χ3v) is 5.21. The summed E-state index contributed by atoms with van der Waals surface area (Å²) < 4.78 is 7.23. The molecule has 0 radical (unpaired) electrons. The zero-order valence-electron chi connectivity index (χ0n) is 20.6. The van der Waals surface area contributed by atoms with Gasteiger partial charge < -0.3 is 35.8 Å². The summed E-state index contributed by atoms with van der Waals surface area (Å²) in [7, 11) is 0. The number of primary amides is 1.